The molecule has 0 saturated carbocycles. The van der Waals surface area contributed by atoms with Gasteiger partial charge in [-0.25, -0.2) is 0 Å². The van der Waals surface area contributed by atoms with E-state index in [1.165, 1.54) is 0 Å². The Labute approximate surface area is 263 Å². The van der Waals surface area contributed by atoms with Gasteiger partial charge in [0.2, 0.25) is 11.8 Å². The number of carboxylic acids is 2. The first-order chi connectivity index (χ1) is 20.7. The predicted octanol–water partition coefficient (Wildman–Crippen LogP) is 3.96. The molecule has 3 aliphatic rings. The van der Waals surface area contributed by atoms with Gasteiger partial charge in [-0.15, -0.1) is 5.69 Å². The van der Waals surface area contributed by atoms with E-state index in [-0.39, 0.29) is 54.3 Å². The zero-order valence-electron chi connectivity index (χ0n) is 26.3. The molecule has 44 heavy (non-hydrogen) atoms. The molecule has 0 fully saturated rings. The van der Waals surface area contributed by atoms with Gasteiger partial charge in [0.1, 0.15) is 0 Å². The summed E-state index contributed by atoms with van der Waals surface area (Å²) in [4.78, 5) is 53.0. The van der Waals surface area contributed by atoms with Gasteiger partial charge >= 0.3 is 11.9 Å². The molecular weight excluding hydrogens is 580 g/mol. The van der Waals surface area contributed by atoms with Crippen molar-refractivity contribution in [2.45, 2.75) is 104 Å². The van der Waals surface area contributed by atoms with Gasteiger partial charge in [-0.3, -0.25) is 19.2 Å². The van der Waals surface area contributed by atoms with Crippen LogP contribution < -0.4 is 20.9 Å². The molecule has 0 spiro atoms. The molecule has 4 heterocycles. The van der Waals surface area contributed by atoms with E-state index < -0.39 is 11.9 Å². The van der Waals surface area contributed by atoms with Crippen LogP contribution in [0.4, 0.5) is 0 Å². The molecule has 0 saturated heterocycles. The van der Waals surface area contributed by atoms with E-state index in [2.05, 4.69) is 28.6 Å². The summed E-state index contributed by atoms with van der Waals surface area (Å²) < 4.78 is 0. The van der Waals surface area contributed by atoms with Crippen molar-refractivity contribution in [2.24, 2.45) is 5.92 Å². The summed E-state index contributed by atoms with van der Waals surface area (Å²) in [6.45, 7) is 11.6. The van der Waals surface area contributed by atoms with Crippen LogP contribution in [0.5, 0.6) is 0 Å². The molecule has 11 heteroatoms. The number of aromatic nitrogens is 1. The Bertz CT molecular complexity index is 1510. The minimum Gasteiger partial charge on any atom is -0.661 e. The monoisotopic (exact) mass is 623 g/mol. The van der Waals surface area contributed by atoms with E-state index in [0.717, 1.165) is 50.5 Å². The molecular formula is C33H43N4O6S-. The van der Waals surface area contributed by atoms with Crippen LogP contribution in [0.1, 0.15) is 89.2 Å². The first-order valence-corrected chi connectivity index (χ1v) is 15.7. The number of rotatable bonds is 13. The SMILES string of the molecule is CCC1=C(C)C(CC2=C(C)C(CCC(=O)O)/C(=C/c3[n-]c(C[C@H]4NC(=O)C(C)=C4[C@H](C)S)c(C)c3CCC(=O)O)N2)NC1=O. The number of carbonyl (C=O) groups is 4. The minimum atomic E-state index is -0.912. The third-order valence-electron chi connectivity index (χ3n) is 9.29. The van der Waals surface area contributed by atoms with Gasteiger partial charge in [-0.2, -0.15) is 18.3 Å². The average molecular weight is 624 g/mol. The number of carbonyl (C=O) groups excluding carboxylic acids is 2. The summed E-state index contributed by atoms with van der Waals surface area (Å²) >= 11 is 4.60. The fourth-order valence-corrected chi connectivity index (χ4v) is 7.13. The van der Waals surface area contributed by atoms with Crippen LogP contribution in [-0.2, 0) is 32.0 Å². The second kappa shape index (κ2) is 13.5. The molecule has 4 rings (SSSR count). The third kappa shape index (κ3) is 6.82. The van der Waals surface area contributed by atoms with Crippen LogP contribution in [-0.4, -0.2) is 51.3 Å². The lowest BCUT2D eigenvalue weighted by atomic mass is 9.91. The molecule has 4 atom stereocenters. The number of aliphatic carboxylic acids is 2. The van der Waals surface area contributed by atoms with Gasteiger partial charge in [-0.1, -0.05) is 24.1 Å². The molecule has 1 aromatic heterocycles. The van der Waals surface area contributed by atoms with E-state index in [1.807, 2.05) is 40.7 Å². The maximum absolute atomic E-state index is 12.5. The lowest BCUT2D eigenvalue weighted by Gasteiger charge is -2.21. The maximum Gasteiger partial charge on any atom is 0.303 e. The van der Waals surface area contributed by atoms with Crippen molar-refractivity contribution >= 4 is 42.5 Å². The molecule has 1 aromatic rings. The van der Waals surface area contributed by atoms with Crippen molar-refractivity contribution in [1.29, 1.82) is 0 Å². The summed E-state index contributed by atoms with van der Waals surface area (Å²) in [7, 11) is 0. The number of hydrogen-bond acceptors (Lipinski definition) is 6. The van der Waals surface area contributed by atoms with Crippen molar-refractivity contribution in [3.8, 4) is 0 Å². The molecule has 0 bridgehead atoms. The molecule has 10 nitrogen and oxygen atoms in total. The van der Waals surface area contributed by atoms with Crippen LogP contribution >= 0.6 is 12.6 Å². The van der Waals surface area contributed by atoms with Crippen molar-refractivity contribution in [3.05, 3.63) is 61.8 Å². The second-order valence-corrected chi connectivity index (χ2v) is 12.8. The zero-order chi connectivity index (χ0) is 32.5. The highest BCUT2D eigenvalue weighted by molar-refractivity contribution is 7.81. The quantitative estimate of drug-likeness (QED) is 0.180. The largest absolute Gasteiger partial charge is 0.661 e. The van der Waals surface area contributed by atoms with E-state index in [4.69, 9.17) is 4.98 Å². The van der Waals surface area contributed by atoms with E-state index in [1.54, 1.807) is 6.92 Å². The predicted molar refractivity (Wildman–Crippen MR) is 171 cm³/mol. The highest BCUT2D eigenvalue weighted by Gasteiger charge is 2.34. The number of thiol groups is 1. The van der Waals surface area contributed by atoms with Gasteiger partial charge in [-0.05, 0) is 77.0 Å². The van der Waals surface area contributed by atoms with Crippen molar-refractivity contribution in [1.82, 2.24) is 20.9 Å². The summed E-state index contributed by atoms with van der Waals surface area (Å²) in [5.41, 5.74) is 9.28. The lowest BCUT2D eigenvalue weighted by molar-refractivity contribution is -0.138. The Balaban J connectivity index is 1.70. The lowest BCUT2D eigenvalue weighted by Crippen LogP contribution is -2.32. The average Bonchev–Trinajstić information content (AvgIpc) is 3.59. The van der Waals surface area contributed by atoms with E-state index in [0.29, 0.717) is 37.0 Å². The van der Waals surface area contributed by atoms with Crippen molar-refractivity contribution < 1.29 is 29.4 Å². The third-order valence-corrected chi connectivity index (χ3v) is 9.57. The van der Waals surface area contributed by atoms with E-state index in [9.17, 15) is 29.4 Å². The van der Waals surface area contributed by atoms with Crippen LogP contribution in [0.25, 0.3) is 6.08 Å². The first-order valence-electron chi connectivity index (χ1n) is 15.2. The Hall–Kier alpha value is -3.73. The fourth-order valence-electron chi connectivity index (χ4n) is 6.75. The summed E-state index contributed by atoms with van der Waals surface area (Å²) in [6.07, 6.45) is 4.16. The van der Waals surface area contributed by atoms with Crippen LogP contribution in [0.3, 0.4) is 0 Å². The summed E-state index contributed by atoms with van der Waals surface area (Å²) in [5, 5.41) is 28.5. The Morgan fingerprint density at radius 3 is 2.23 bits per heavy atom. The fraction of sp³-hybridized carbons (Fsp3) is 0.515. The molecule has 2 amide bonds. The van der Waals surface area contributed by atoms with Crippen molar-refractivity contribution in [3.63, 3.8) is 0 Å². The van der Waals surface area contributed by atoms with Crippen molar-refractivity contribution in [2.75, 3.05) is 0 Å². The van der Waals surface area contributed by atoms with Gasteiger partial charge in [0.05, 0.1) is 12.1 Å². The molecule has 2 unspecified atom stereocenters. The molecule has 5 N–H and O–H groups in total. The van der Waals surface area contributed by atoms with Gasteiger partial charge in [0.15, 0.2) is 0 Å². The van der Waals surface area contributed by atoms with Crippen LogP contribution in [0.15, 0.2) is 39.3 Å². The second-order valence-electron chi connectivity index (χ2n) is 12.0. The van der Waals surface area contributed by atoms with Crippen LogP contribution in [0, 0.1) is 12.8 Å². The Morgan fingerprint density at radius 1 is 0.977 bits per heavy atom. The standard InChI is InChI=1S/C33H43N4O6S/c1-7-20-15(2)25(36-33(20)43)12-23-16(3)21(8-10-29(38)39)26(34-23)14-27-22(9-11-30(40)41)17(4)24(35-27)13-28-31(19(6)44)18(5)32(42)37-28/h14,19,21,25,28,34,44H,7-13H2,1-6H3,(H,36,43)(H,37,42)(H,38,39)(H,40,41)/q-1/b26-14-/t19-,21?,25?,28+/m0/s1. The number of carboxylic acid groups (broad SMARTS) is 2. The smallest absolute Gasteiger partial charge is 0.303 e. The topological polar surface area (TPSA) is 159 Å². The zero-order valence-corrected chi connectivity index (χ0v) is 27.2. The summed E-state index contributed by atoms with van der Waals surface area (Å²) in [5.74, 6) is -2.16. The summed E-state index contributed by atoms with van der Waals surface area (Å²) in [6, 6.07) is -0.404. The molecule has 0 aromatic carbocycles. The molecule has 3 aliphatic heterocycles. The maximum atomic E-state index is 12.5. The minimum absolute atomic E-state index is 0.0181. The highest BCUT2D eigenvalue weighted by atomic mass is 32.1. The normalized spacial score (nSPS) is 23.5. The van der Waals surface area contributed by atoms with Gasteiger partial charge < -0.3 is 31.1 Å². The molecule has 0 radical (unpaired) electrons. The number of nitrogens with one attached hydrogen (secondary N) is 3. The number of nitrogens with zero attached hydrogens (tertiary/aromatic N) is 1. The van der Waals surface area contributed by atoms with E-state index >= 15 is 0 Å². The van der Waals surface area contributed by atoms with Crippen LogP contribution in [0.2, 0.25) is 0 Å². The van der Waals surface area contributed by atoms with Gasteiger partial charge in [0.25, 0.3) is 0 Å². The first kappa shape index (κ1) is 33.2. The Kier molecular flexibility index (Phi) is 10.2. The highest BCUT2D eigenvalue weighted by Crippen LogP contribution is 2.37. The molecule has 0 aliphatic carbocycles. The number of hydrogen-bond donors (Lipinski definition) is 6. The van der Waals surface area contributed by atoms with Gasteiger partial charge in [0, 0.05) is 53.0 Å². The molecule has 238 valence electrons. The number of amides is 2. The number of allylic oxidation sites excluding steroid dienone is 1. The Morgan fingerprint density at radius 2 is 1.64 bits per heavy atom.